The van der Waals surface area contributed by atoms with Gasteiger partial charge in [0.2, 0.25) is 5.88 Å². The van der Waals surface area contributed by atoms with E-state index in [1.807, 2.05) is 12.1 Å². The summed E-state index contributed by atoms with van der Waals surface area (Å²) < 4.78 is 6.14. The molecule has 4 heterocycles. The molecule has 0 radical (unpaired) electrons. The fourth-order valence-corrected chi connectivity index (χ4v) is 4.08. The topological polar surface area (TPSA) is 38.2 Å². The normalized spacial score (nSPS) is 25.2. The molecule has 6 rings (SSSR count). The Bertz CT molecular complexity index is 885. The Morgan fingerprint density at radius 3 is 2.44 bits per heavy atom. The van der Waals surface area contributed by atoms with Gasteiger partial charge in [0.15, 0.2) is 0 Å². The lowest BCUT2D eigenvalue weighted by Crippen LogP contribution is -2.52. The fourth-order valence-electron chi connectivity index (χ4n) is 4.08. The van der Waals surface area contributed by atoms with Crippen molar-refractivity contribution in [2.24, 2.45) is 5.92 Å². The van der Waals surface area contributed by atoms with Crippen LogP contribution in [-0.4, -0.2) is 40.8 Å². The van der Waals surface area contributed by atoms with Crippen LogP contribution in [0.4, 0.5) is 0 Å². The molecule has 2 aromatic carbocycles. The second-order valence-corrected chi connectivity index (χ2v) is 7.11. The maximum atomic E-state index is 6.14. The Kier molecular flexibility index (Phi) is 3.63. The summed E-state index contributed by atoms with van der Waals surface area (Å²) >= 11 is 0. The Hall–Kier alpha value is -2.46. The van der Waals surface area contributed by atoms with Crippen molar-refractivity contribution >= 4 is 10.8 Å². The molecule has 4 heteroatoms. The number of fused-ring (bicyclic) bond motifs is 4. The second-order valence-electron chi connectivity index (χ2n) is 7.11. The quantitative estimate of drug-likeness (QED) is 0.732. The van der Waals surface area contributed by atoms with Crippen LogP contribution in [0.5, 0.6) is 5.88 Å². The van der Waals surface area contributed by atoms with E-state index in [1.165, 1.54) is 36.7 Å². The van der Waals surface area contributed by atoms with Gasteiger partial charge in [0.05, 0.1) is 5.69 Å². The molecule has 0 spiro atoms. The molecule has 1 aromatic heterocycles. The summed E-state index contributed by atoms with van der Waals surface area (Å²) in [4.78, 5) is 2.49. The van der Waals surface area contributed by atoms with Crippen molar-refractivity contribution < 1.29 is 4.74 Å². The lowest BCUT2D eigenvalue weighted by atomic mass is 9.86. The minimum atomic E-state index is 0.267. The standard InChI is InChI=1S/C21H21N3O/c1-2-4-17-13-18(6-5-15(17)3-1)19-7-8-21(23-22-19)25-20-14-24-11-9-16(20)10-12-24/h1-8,13,16,20H,9-12,14H2. The van der Waals surface area contributed by atoms with Crippen LogP contribution in [-0.2, 0) is 0 Å². The summed E-state index contributed by atoms with van der Waals surface area (Å²) in [6.45, 7) is 3.47. The zero-order valence-corrected chi connectivity index (χ0v) is 14.1. The third kappa shape index (κ3) is 2.87. The minimum Gasteiger partial charge on any atom is -0.472 e. The van der Waals surface area contributed by atoms with Gasteiger partial charge in [-0.15, -0.1) is 10.2 Å². The fraction of sp³-hybridized carbons (Fsp3) is 0.333. The molecule has 3 fully saturated rings. The number of hydrogen-bond donors (Lipinski definition) is 0. The number of nitrogens with zero attached hydrogens (tertiary/aromatic N) is 3. The molecule has 0 aliphatic carbocycles. The number of aromatic nitrogens is 2. The summed E-state index contributed by atoms with van der Waals surface area (Å²) in [5, 5.41) is 11.2. The largest absolute Gasteiger partial charge is 0.472 e. The highest BCUT2D eigenvalue weighted by molar-refractivity contribution is 5.86. The Morgan fingerprint density at radius 1 is 0.880 bits per heavy atom. The first-order valence-corrected chi connectivity index (χ1v) is 9.07. The van der Waals surface area contributed by atoms with E-state index in [4.69, 9.17) is 4.74 Å². The maximum absolute atomic E-state index is 6.14. The van der Waals surface area contributed by atoms with E-state index >= 15 is 0 Å². The van der Waals surface area contributed by atoms with Gasteiger partial charge in [-0.05, 0) is 54.8 Å². The minimum absolute atomic E-state index is 0.267. The molecule has 1 unspecified atom stereocenters. The van der Waals surface area contributed by atoms with Crippen LogP contribution < -0.4 is 4.74 Å². The van der Waals surface area contributed by atoms with Gasteiger partial charge >= 0.3 is 0 Å². The van der Waals surface area contributed by atoms with Crippen LogP contribution in [0, 0.1) is 5.92 Å². The molecule has 2 bridgehead atoms. The average molecular weight is 331 g/mol. The summed E-state index contributed by atoms with van der Waals surface area (Å²) in [6.07, 6.45) is 2.75. The summed E-state index contributed by atoms with van der Waals surface area (Å²) in [5.41, 5.74) is 1.97. The van der Waals surface area contributed by atoms with E-state index in [0.717, 1.165) is 17.8 Å². The van der Waals surface area contributed by atoms with Crippen molar-refractivity contribution in [3.63, 3.8) is 0 Å². The molecule has 3 aliphatic rings. The molecule has 0 N–H and O–H groups in total. The summed E-state index contributed by atoms with van der Waals surface area (Å²) in [6, 6.07) is 18.7. The van der Waals surface area contributed by atoms with Gasteiger partial charge in [0, 0.05) is 18.2 Å². The Morgan fingerprint density at radius 2 is 1.72 bits per heavy atom. The van der Waals surface area contributed by atoms with E-state index in [9.17, 15) is 0 Å². The predicted molar refractivity (Wildman–Crippen MR) is 98.6 cm³/mol. The molecule has 3 saturated heterocycles. The van der Waals surface area contributed by atoms with Gasteiger partial charge in [-0.2, -0.15) is 0 Å². The monoisotopic (exact) mass is 331 g/mol. The van der Waals surface area contributed by atoms with Gasteiger partial charge in [-0.1, -0.05) is 36.4 Å². The van der Waals surface area contributed by atoms with Gasteiger partial charge in [0.1, 0.15) is 6.10 Å². The molecule has 4 nitrogen and oxygen atoms in total. The van der Waals surface area contributed by atoms with E-state index in [2.05, 4.69) is 57.6 Å². The highest BCUT2D eigenvalue weighted by Gasteiger charge is 2.35. The van der Waals surface area contributed by atoms with Crippen LogP contribution in [0.25, 0.3) is 22.0 Å². The van der Waals surface area contributed by atoms with E-state index in [1.54, 1.807) is 0 Å². The molecular weight excluding hydrogens is 310 g/mol. The summed E-state index contributed by atoms with van der Waals surface area (Å²) in [7, 11) is 0. The van der Waals surface area contributed by atoms with E-state index in [-0.39, 0.29) is 6.10 Å². The molecule has 25 heavy (non-hydrogen) atoms. The van der Waals surface area contributed by atoms with Crippen molar-refractivity contribution in [1.82, 2.24) is 15.1 Å². The molecule has 0 saturated carbocycles. The molecule has 1 atom stereocenters. The average Bonchev–Trinajstić information content (AvgIpc) is 2.69. The number of hydrogen-bond acceptors (Lipinski definition) is 4. The smallest absolute Gasteiger partial charge is 0.233 e. The number of piperidine rings is 3. The molecule has 0 amide bonds. The third-order valence-corrected chi connectivity index (χ3v) is 5.55. The van der Waals surface area contributed by atoms with Crippen LogP contribution >= 0.6 is 0 Å². The lowest BCUT2D eigenvalue weighted by Gasteiger charge is -2.44. The van der Waals surface area contributed by atoms with Gasteiger partial charge in [0.25, 0.3) is 0 Å². The van der Waals surface area contributed by atoms with Crippen molar-refractivity contribution in [2.45, 2.75) is 18.9 Å². The van der Waals surface area contributed by atoms with Gasteiger partial charge in [-0.3, -0.25) is 4.90 Å². The molecule has 126 valence electrons. The van der Waals surface area contributed by atoms with E-state index < -0.39 is 0 Å². The van der Waals surface area contributed by atoms with Crippen LogP contribution in [0.2, 0.25) is 0 Å². The second kappa shape index (κ2) is 6.12. The highest BCUT2D eigenvalue weighted by Crippen LogP contribution is 2.30. The van der Waals surface area contributed by atoms with Crippen molar-refractivity contribution in [2.75, 3.05) is 19.6 Å². The molecular formula is C21H21N3O. The van der Waals surface area contributed by atoms with Crippen LogP contribution in [0.1, 0.15) is 12.8 Å². The van der Waals surface area contributed by atoms with Crippen LogP contribution in [0.3, 0.4) is 0 Å². The first-order valence-electron chi connectivity index (χ1n) is 9.07. The Balaban J connectivity index is 1.35. The van der Waals surface area contributed by atoms with Crippen molar-refractivity contribution in [3.05, 3.63) is 54.6 Å². The van der Waals surface area contributed by atoms with Gasteiger partial charge in [-0.25, -0.2) is 0 Å². The van der Waals surface area contributed by atoms with Crippen molar-refractivity contribution in [3.8, 4) is 17.1 Å². The number of rotatable bonds is 3. The third-order valence-electron chi connectivity index (χ3n) is 5.55. The van der Waals surface area contributed by atoms with E-state index in [0.29, 0.717) is 11.8 Å². The van der Waals surface area contributed by atoms with Crippen LogP contribution in [0.15, 0.2) is 54.6 Å². The first kappa shape index (κ1) is 14.8. The zero-order chi connectivity index (χ0) is 16.6. The molecule has 3 aliphatic heterocycles. The number of benzene rings is 2. The highest BCUT2D eigenvalue weighted by atomic mass is 16.5. The maximum Gasteiger partial charge on any atom is 0.233 e. The first-order chi connectivity index (χ1) is 12.3. The Labute approximate surface area is 147 Å². The lowest BCUT2D eigenvalue weighted by molar-refractivity contribution is -0.0103. The summed E-state index contributed by atoms with van der Waals surface area (Å²) in [5.74, 6) is 1.32. The van der Waals surface area contributed by atoms with Crippen molar-refractivity contribution in [1.29, 1.82) is 0 Å². The SMILES string of the molecule is c1ccc2cc(-c3ccc(OC4CN5CCC4CC5)nn3)ccc2c1. The number of ether oxygens (including phenoxy) is 1. The van der Waals surface area contributed by atoms with Gasteiger partial charge < -0.3 is 4.74 Å². The molecule has 3 aromatic rings. The predicted octanol–water partition coefficient (Wildman–Crippen LogP) is 3.77. The zero-order valence-electron chi connectivity index (χ0n) is 14.1.